The maximum Gasteiger partial charge on any atom is 0.342 e. The Bertz CT molecular complexity index is 591. The van der Waals surface area contributed by atoms with Crippen molar-refractivity contribution in [2.24, 2.45) is 0 Å². The van der Waals surface area contributed by atoms with E-state index in [-0.39, 0.29) is 23.6 Å². The third-order valence-electron chi connectivity index (χ3n) is 2.59. The van der Waals surface area contributed by atoms with Crippen molar-refractivity contribution in [3.8, 4) is 0 Å². The average molecular weight is 344 g/mol. The van der Waals surface area contributed by atoms with Crippen molar-refractivity contribution in [2.75, 3.05) is 6.61 Å². The van der Waals surface area contributed by atoms with Crippen LogP contribution < -0.4 is 0 Å². The summed E-state index contributed by atoms with van der Waals surface area (Å²) in [6, 6.07) is 2.76. The summed E-state index contributed by atoms with van der Waals surface area (Å²) in [5.74, 6) is -0.890. The van der Waals surface area contributed by atoms with Gasteiger partial charge in [-0.05, 0) is 42.8 Å². The van der Waals surface area contributed by atoms with Gasteiger partial charge in [-0.1, -0.05) is 0 Å². The Hall–Kier alpha value is -1.89. The van der Waals surface area contributed by atoms with E-state index in [9.17, 15) is 20.0 Å². The van der Waals surface area contributed by atoms with Crippen molar-refractivity contribution in [3.63, 3.8) is 0 Å². The summed E-state index contributed by atoms with van der Waals surface area (Å²) in [4.78, 5) is 22.2. The summed E-state index contributed by atoms with van der Waals surface area (Å²) >= 11 is 3.18. The highest BCUT2D eigenvalue weighted by molar-refractivity contribution is 9.10. The fraction of sp³-hybridized carbons (Fsp3) is 0.308. The van der Waals surface area contributed by atoms with Gasteiger partial charge in [0.05, 0.1) is 11.5 Å². The average Bonchev–Trinajstić information content (AvgIpc) is 2.32. The fourth-order valence-electron chi connectivity index (χ4n) is 1.72. The number of nitro groups is 1. The van der Waals surface area contributed by atoms with Crippen LogP contribution >= 0.6 is 15.9 Å². The summed E-state index contributed by atoms with van der Waals surface area (Å²) in [5.41, 5.74) is 0.652. The van der Waals surface area contributed by atoms with Gasteiger partial charge in [0.25, 0.3) is 5.69 Å². The summed E-state index contributed by atoms with van der Waals surface area (Å²) in [7, 11) is 0. The molecule has 0 aliphatic rings. The molecule has 20 heavy (non-hydrogen) atoms. The van der Waals surface area contributed by atoms with Crippen molar-refractivity contribution in [1.29, 1.82) is 0 Å². The molecular weight excluding hydrogens is 330 g/mol. The zero-order valence-corrected chi connectivity index (χ0v) is 12.9. The highest BCUT2D eigenvalue weighted by Gasteiger charge is 2.23. The smallest absolute Gasteiger partial charge is 0.342 e. The number of hydrogen-bond acceptors (Lipinski definition) is 5. The van der Waals surface area contributed by atoms with E-state index in [1.54, 1.807) is 13.8 Å². The summed E-state index contributed by atoms with van der Waals surface area (Å²) < 4.78 is 5.22. The lowest BCUT2D eigenvalue weighted by Crippen LogP contribution is -2.10. The van der Waals surface area contributed by atoms with Gasteiger partial charge in [-0.3, -0.25) is 10.1 Å². The molecule has 7 heteroatoms. The first-order valence-electron chi connectivity index (χ1n) is 5.81. The van der Waals surface area contributed by atoms with Gasteiger partial charge in [0.1, 0.15) is 11.3 Å². The Morgan fingerprint density at radius 1 is 1.50 bits per heavy atom. The molecule has 108 valence electrons. The predicted molar refractivity (Wildman–Crippen MR) is 77.4 cm³/mol. The Kier molecular flexibility index (Phi) is 5.26. The van der Waals surface area contributed by atoms with E-state index in [0.717, 1.165) is 0 Å². The number of carbonyl (C=O) groups excluding carboxylic acids is 1. The SMILES string of the molecule is CCOC(=O)/C(=C(\C)O)c1cc(C)c([N+](=O)[O-])cc1Br. The molecule has 0 atom stereocenters. The van der Waals surface area contributed by atoms with Crippen LogP contribution in [0.15, 0.2) is 22.4 Å². The predicted octanol–water partition coefficient (Wildman–Crippen LogP) is 3.52. The number of aliphatic hydroxyl groups is 1. The number of nitro benzene ring substituents is 1. The van der Waals surface area contributed by atoms with Crippen LogP contribution in [0.4, 0.5) is 5.69 Å². The summed E-state index contributed by atoms with van der Waals surface area (Å²) in [6.07, 6.45) is 0. The number of ether oxygens (including phenoxy) is 1. The molecule has 1 aromatic rings. The lowest BCUT2D eigenvalue weighted by Gasteiger charge is -2.11. The molecule has 1 N–H and O–H groups in total. The molecule has 0 saturated carbocycles. The molecule has 0 aliphatic carbocycles. The van der Waals surface area contributed by atoms with Gasteiger partial charge in [-0.2, -0.15) is 0 Å². The van der Waals surface area contributed by atoms with E-state index >= 15 is 0 Å². The van der Waals surface area contributed by atoms with Crippen molar-refractivity contribution in [1.82, 2.24) is 0 Å². The molecule has 0 amide bonds. The van der Waals surface area contributed by atoms with Crippen molar-refractivity contribution in [2.45, 2.75) is 20.8 Å². The van der Waals surface area contributed by atoms with Gasteiger partial charge < -0.3 is 9.84 Å². The van der Waals surface area contributed by atoms with Crippen LogP contribution in [0.2, 0.25) is 0 Å². The van der Waals surface area contributed by atoms with Crippen LogP contribution in [0.1, 0.15) is 25.0 Å². The normalized spacial score (nSPS) is 11.8. The molecule has 1 rings (SSSR count). The molecule has 0 heterocycles. The standard InChI is InChI=1S/C13H14BrNO5/c1-4-20-13(17)12(8(3)16)9-5-7(2)11(15(18)19)6-10(9)14/h5-6,16H,4H2,1-3H3/b12-8+. The molecule has 0 aliphatic heterocycles. The van der Waals surface area contributed by atoms with Crippen LogP contribution in [0.3, 0.4) is 0 Å². The van der Waals surface area contributed by atoms with Crippen LogP contribution in [0, 0.1) is 17.0 Å². The second-order valence-corrected chi connectivity index (χ2v) is 4.91. The number of rotatable bonds is 4. The van der Waals surface area contributed by atoms with Crippen LogP contribution in [-0.2, 0) is 9.53 Å². The van der Waals surface area contributed by atoms with E-state index in [4.69, 9.17) is 4.74 Å². The monoisotopic (exact) mass is 343 g/mol. The lowest BCUT2D eigenvalue weighted by atomic mass is 10.0. The molecule has 0 saturated heterocycles. The van der Waals surface area contributed by atoms with E-state index in [2.05, 4.69) is 15.9 Å². The summed E-state index contributed by atoms with van der Waals surface area (Å²) in [5, 5.41) is 20.5. The maximum absolute atomic E-state index is 11.9. The number of aliphatic hydroxyl groups excluding tert-OH is 1. The zero-order valence-electron chi connectivity index (χ0n) is 11.3. The highest BCUT2D eigenvalue weighted by Crippen LogP contribution is 2.33. The van der Waals surface area contributed by atoms with E-state index < -0.39 is 10.9 Å². The number of nitrogens with zero attached hydrogens (tertiary/aromatic N) is 1. The number of hydrogen-bond donors (Lipinski definition) is 1. The highest BCUT2D eigenvalue weighted by atomic mass is 79.9. The topological polar surface area (TPSA) is 89.7 Å². The number of aryl methyl sites for hydroxylation is 1. The van der Waals surface area contributed by atoms with Crippen molar-refractivity contribution >= 4 is 33.2 Å². The minimum Gasteiger partial charge on any atom is -0.512 e. The first kappa shape index (κ1) is 16.2. The molecule has 0 radical (unpaired) electrons. The fourth-order valence-corrected chi connectivity index (χ4v) is 2.24. The molecule has 0 spiro atoms. The van der Waals surface area contributed by atoms with Crippen LogP contribution in [0.25, 0.3) is 5.57 Å². The van der Waals surface area contributed by atoms with Crippen molar-refractivity contribution in [3.05, 3.63) is 43.6 Å². The van der Waals surface area contributed by atoms with Gasteiger partial charge in [0.15, 0.2) is 0 Å². The number of halogens is 1. The number of benzene rings is 1. The maximum atomic E-state index is 11.9. The van der Waals surface area contributed by atoms with E-state index in [0.29, 0.717) is 15.6 Å². The minimum atomic E-state index is -0.679. The second-order valence-electron chi connectivity index (χ2n) is 4.06. The summed E-state index contributed by atoms with van der Waals surface area (Å²) in [6.45, 7) is 4.73. The Balaban J connectivity index is 3.45. The molecular formula is C13H14BrNO5. The van der Waals surface area contributed by atoms with Gasteiger partial charge in [0, 0.05) is 21.7 Å². The molecule has 0 fully saturated rings. The Morgan fingerprint density at radius 2 is 2.10 bits per heavy atom. The lowest BCUT2D eigenvalue weighted by molar-refractivity contribution is -0.385. The second kappa shape index (κ2) is 6.51. The largest absolute Gasteiger partial charge is 0.512 e. The minimum absolute atomic E-state index is 0.0169. The number of esters is 1. The van der Waals surface area contributed by atoms with Crippen LogP contribution in [0.5, 0.6) is 0 Å². The van der Waals surface area contributed by atoms with E-state index in [1.807, 2.05) is 0 Å². The van der Waals surface area contributed by atoms with Gasteiger partial charge in [-0.15, -0.1) is 0 Å². The number of carbonyl (C=O) groups is 1. The molecule has 0 bridgehead atoms. The first-order valence-corrected chi connectivity index (χ1v) is 6.60. The van der Waals surface area contributed by atoms with Gasteiger partial charge in [0.2, 0.25) is 0 Å². The zero-order chi connectivity index (χ0) is 15.4. The quantitative estimate of drug-likeness (QED) is 0.297. The van der Waals surface area contributed by atoms with Gasteiger partial charge in [-0.25, -0.2) is 4.79 Å². The first-order chi connectivity index (χ1) is 9.29. The Labute approximate surface area is 124 Å². The molecule has 1 aromatic carbocycles. The number of allylic oxidation sites excluding steroid dienone is 1. The van der Waals surface area contributed by atoms with Gasteiger partial charge >= 0.3 is 5.97 Å². The molecule has 0 aromatic heterocycles. The van der Waals surface area contributed by atoms with Crippen LogP contribution in [-0.4, -0.2) is 22.6 Å². The molecule has 6 nitrogen and oxygen atoms in total. The third kappa shape index (κ3) is 3.36. The van der Waals surface area contributed by atoms with Crippen molar-refractivity contribution < 1.29 is 19.6 Å². The Morgan fingerprint density at radius 3 is 2.55 bits per heavy atom. The molecule has 0 unspecified atom stereocenters. The van der Waals surface area contributed by atoms with E-state index in [1.165, 1.54) is 19.1 Å². The third-order valence-corrected chi connectivity index (χ3v) is 3.25.